The quantitative estimate of drug-likeness (QED) is 0.861. The third kappa shape index (κ3) is 3.07. The van der Waals surface area contributed by atoms with Crippen molar-refractivity contribution >= 4 is 12.0 Å². The zero-order valence-corrected chi connectivity index (χ0v) is 12.6. The average Bonchev–Trinajstić information content (AvgIpc) is 2.38. The second kappa shape index (κ2) is 6.02. The first-order valence-electron chi connectivity index (χ1n) is 7.73. The monoisotopic (exact) mass is 282 g/mol. The summed E-state index contributed by atoms with van der Waals surface area (Å²) in [6.45, 7) is 6.51. The Morgan fingerprint density at radius 1 is 1.30 bits per heavy atom. The first kappa shape index (κ1) is 15.1. The van der Waals surface area contributed by atoms with Gasteiger partial charge in [-0.05, 0) is 45.4 Å². The number of carboxylic acids is 1. The van der Waals surface area contributed by atoms with Gasteiger partial charge in [-0.2, -0.15) is 0 Å². The molecule has 2 rings (SSSR count). The van der Waals surface area contributed by atoms with Gasteiger partial charge in [0.15, 0.2) is 0 Å². The van der Waals surface area contributed by atoms with Crippen molar-refractivity contribution in [2.24, 2.45) is 11.3 Å². The molecule has 2 fully saturated rings. The van der Waals surface area contributed by atoms with Crippen molar-refractivity contribution in [2.75, 3.05) is 26.2 Å². The first-order chi connectivity index (χ1) is 9.46. The summed E-state index contributed by atoms with van der Waals surface area (Å²) >= 11 is 0. The summed E-state index contributed by atoms with van der Waals surface area (Å²) < 4.78 is 0. The van der Waals surface area contributed by atoms with Gasteiger partial charge in [-0.3, -0.25) is 4.79 Å². The van der Waals surface area contributed by atoms with Crippen LogP contribution in [0.3, 0.4) is 0 Å². The summed E-state index contributed by atoms with van der Waals surface area (Å²) in [6, 6.07) is 0.0897. The molecule has 1 N–H and O–H groups in total. The lowest BCUT2D eigenvalue weighted by Crippen LogP contribution is -2.51. The lowest BCUT2D eigenvalue weighted by molar-refractivity contribution is -0.150. The Labute approximate surface area is 120 Å². The third-order valence-electron chi connectivity index (χ3n) is 5.01. The van der Waals surface area contributed by atoms with E-state index in [1.807, 2.05) is 16.7 Å². The molecule has 2 amide bonds. The molecule has 114 valence electrons. The van der Waals surface area contributed by atoms with Crippen LogP contribution >= 0.6 is 0 Å². The number of hydrogen-bond donors (Lipinski definition) is 1. The number of amides is 2. The molecular weight excluding hydrogens is 256 g/mol. The molecule has 5 heteroatoms. The van der Waals surface area contributed by atoms with Crippen LogP contribution in [0.25, 0.3) is 0 Å². The zero-order valence-electron chi connectivity index (χ0n) is 12.6. The highest BCUT2D eigenvalue weighted by molar-refractivity contribution is 5.77. The van der Waals surface area contributed by atoms with Crippen LogP contribution in [0.2, 0.25) is 0 Å². The highest BCUT2D eigenvalue weighted by Crippen LogP contribution is 2.32. The van der Waals surface area contributed by atoms with Gasteiger partial charge >= 0.3 is 12.0 Å². The zero-order chi connectivity index (χ0) is 14.8. The number of rotatable bonds is 4. The summed E-state index contributed by atoms with van der Waals surface area (Å²) in [4.78, 5) is 27.5. The van der Waals surface area contributed by atoms with Crippen LogP contribution in [0.15, 0.2) is 0 Å². The fraction of sp³-hybridized carbons (Fsp3) is 0.867. The number of nitrogens with zero attached hydrogens (tertiary/aromatic N) is 2. The molecule has 0 unspecified atom stereocenters. The predicted molar refractivity (Wildman–Crippen MR) is 76.5 cm³/mol. The summed E-state index contributed by atoms with van der Waals surface area (Å²) in [6.07, 6.45) is 4.86. The molecule has 0 aromatic heterocycles. The van der Waals surface area contributed by atoms with Gasteiger partial charge in [0.1, 0.15) is 0 Å². The van der Waals surface area contributed by atoms with E-state index in [1.54, 1.807) is 6.92 Å². The van der Waals surface area contributed by atoms with Gasteiger partial charge < -0.3 is 14.9 Å². The van der Waals surface area contributed by atoms with Crippen molar-refractivity contribution in [1.82, 2.24) is 9.80 Å². The molecule has 0 aromatic rings. The Bertz CT molecular complexity index is 371. The minimum absolute atomic E-state index is 0.0897. The number of urea groups is 1. The van der Waals surface area contributed by atoms with E-state index >= 15 is 0 Å². The van der Waals surface area contributed by atoms with Crippen LogP contribution in [0, 0.1) is 11.3 Å². The Hall–Kier alpha value is -1.26. The maximum absolute atomic E-state index is 12.5. The molecule has 20 heavy (non-hydrogen) atoms. The highest BCUT2D eigenvalue weighted by Gasteiger charge is 2.39. The molecule has 0 spiro atoms. The third-order valence-corrected chi connectivity index (χ3v) is 5.01. The Kier molecular flexibility index (Phi) is 4.55. The second-order valence-electron chi connectivity index (χ2n) is 6.47. The normalized spacial score (nSPS) is 22.2. The smallest absolute Gasteiger partial charge is 0.319 e. The van der Waals surface area contributed by atoms with Gasteiger partial charge in [-0.25, -0.2) is 4.79 Å². The number of piperidine rings is 1. The first-order valence-corrected chi connectivity index (χ1v) is 7.73. The molecule has 0 radical (unpaired) electrons. The van der Waals surface area contributed by atoms with Gasteiger partial charge in [0.05, 0.1) is 5.41 Å². The molecule has 0 bridgehead atoms. The Balaban J connectivity index is 1.87. The van der Waals surface area contributed by atoms with Gasteiger partial charge in [0, 0.05) is 26.2 Å². The molecule has 0 atom stereocenters. The van der Waals surface area contributed by atoms with Crippen molar-refractivity contribution in [3.63, 3.8) is 0 Å². The summed E-state index contributed by atoms with van der Waals surface area (Å²) in [7, 11) is 0. The van der Waals surface area contributed by atoms with Gasteiger partial charge in [-0.15, -0.1) is 0 Å². The highest BCUT2D eigenvalue weighted by atomic mass is 16.4. The fourth-order valence-electron chi connectivity index (χ4n) is 2.93. The van der Waals surface area contributed by atoms with E-state index in [2.05, 4.69) is 0 Å². The number of carboxylic acid groups (broad SMARTS) is 1. The summed E-state index contributed by atoms with van der Waals surface area (Å²) in [5.74, 6) is -0.0700. The van der Waals surface area contributed by atoms with Gasteiger partial charge in [0.25, 0.3) is 0 Å². The number of hydrogen-bond acceptors (Lipinski definition) is 2. The molecule has 5 nitrogen and oxygen atoms in total. The molecular formula is C15H26N2O3. The van der Waals surface area contributed by atoms with Crippen molar-refractivity contribution in [1.29, 1.82) is 0 Å². The number of likely N-dealkylation sites (tertiary alicyclic amines) is 1. The molecule has 1 saturated carbocycles. The number of aliphatic carboxylic acids is 1. The minimum atomic E-state index is -0.744. The van der Waals surface area contributed by atoms with E-state index < -0.39 is 11.4 Å². The average molecular weight is 282 g/mol. The van der Waals surface area contributed by atoms with Crippen LogP contribution in [-0.2, 0) is 4.79 Å². The van der Waals surface area contributed by atoms with E-state index in [0.717, 1.165) is 13.1 Å². The Morgan fingerprint density at radius 3 is 2.30 bits per heavy atom. The van der Waals surface area contributed by atoms with E-state index in [0.29, 0.717) is 31.8 Å². The lowest BCUT2D eigenvalue weighted by atomic mass is 9.80. The molecule has 1 saturated heterocycles. The van der Waals surface area contributed by atoms with E-state index in [-0.39, 0.29) is 6.03 Å². The molecule has 2 aliphatic rings. The van der Waals surface area contributed by atoms with Crippen molar-refractivity contribution in [3.05, 3.63) is 0 Å². The van der Waals surface area contributed by atoms with Crippen LogP contribution in [0.1, 0.15) is 46.0 Å². The van der Waals surface area contributed by atoms with E-state index in [4.69, 9.17) is 0 Å². The topological polar surface area (TPSA) is 60.9 Å². The van der Waals surface area contributed by atoms with Gasteiger partial charge in [0.2, 0.25) is 0 Å². The van der Waals surface area contributed by atoms with E-state index in [9.17, 15) is 14.7 Å². The molecule has 1 heterocycles. The number of carbonyl (C=O) groups is 2. The number of carbonyl (C=O) groups excluding carboxylic acids is 1. The van der Waals surface area contributed by atoms with E-state index in [1.165, 1.54) is 19.3 Å². The van der Waals surface area contributed by atoms with Gasteiger partial charge in [-0.1, -0.05) is 6.42 Å². The fourth-order valence-corrected chi connectivity index (χ4v) is 2.93. The standard InChI is InChI=1S/C15H26N2O3/c1-3-16(11-12-5-4-6-12)14(20)17-9-7-15(2,8-10-17)13(18)19/h12H,3-11H2,1-2H3,(H,18,19). The molecule has 0 aromatic carbocycles. The van der Waals surface area contributed by atoms with Crippen LogP contribution < -0.4 is 0 Å². The summed E-state index contributed by atoms with van der Waals surface area (Å²) in [5.41, 5.74) is -0.665. The van der Waals surface area contributed by atoms with Crippen molar-refractivity contribution < 1.29 is 14.7 Å². The minimum Gasteiger partial charge on any atom is -0.481 e. The van der Waals surface area contributed by atoms with Crippen molar-refractivity contribution in [2.45, 2.75) is 46.0 Å². The SMILES string of the molecule is CCN(CC1CCC1)C(=O)N1CCC(C)(C(=O)O)CC1. The van der Waals surface area contributed by atoms with Crippen LogP contribution in [0.4, 0.5) is 4.79 Å². The van der Waals surface area contributed by atoms with Crippen molar-refractivity contribution in [3.8, 4) is 0 Å². The molecule has 1 aliphatic heterocycles. The second-order valence-corrected chi connectivity index (χ2v) is 6.47. The predicted octanol–water partition coefficient (Wildman–Crippen LogP) is 2.42. The largest absolute Gasteiger partial charge is 0.481 e. The molecule has 1 aliphatic carbocycles. The lowest BCUT2D eigenvalue weighted by Gasteiger charge is -2.40. The maximum Gasteiger partial charge on any atom is 0.319 e. The van der Waals surface area contributed by atoms with Crippen LogP contribution in [-0.4, -0.2) is 53.1 Å². The maximum atomic E-state index is 12.5. The Morgan fingerprint density at radius 2 is 1.90 bits per heavy atom. The summed E-state index contributed by atoms with van der Waals surface area (Å²) in [5, 5.41) is 9.22. The van der Waals surface area contributed by atoms with Crippen LogP contribution in [0.5, 0.6) is 0 Å².